The molecule has 62 valence electrons. The van der Waals surface area contributed by atoms with Gasteiger partial charge >= 0.3 is 0 Å². The lowest BCUT2D eigenvalue weighted by Crippen LogP contribution is -2.26. The third kappa shape index (κ3) is 1.47. The molecular formula is C10H16O. The molecule has 0 N–H and O–H groups in total. The van der Waals surface area contributed by atoms with Gasteiger partial charge in [0.25, 0.3) is 0 Å². The summed E-state index contributed by atoms with van der Waals surface area (Å²) in [6.07, 6.45) is 8.47. The molecule has 0 atom stereocenters. The molecule has 0 aromatic carbocycles. The summed E-state index contributed by atoms with van der Waals surface area (Å²) in [4.78, 5) is 10.9. The molecule has 0 aromatic heterocycles. The fourth-order valence-electron chi connectivity index (χ4n) is 2.34. The average Bonchev–Trinajstić information content (AvgIpc) is 1.90. The van der Waals surface area contributed by atoms with Crippen molar-refractivity contribution < 1.29 is 4.79 Å². The Morgan fingerprint density at radius 3 is 1.91 bits per heavy atom. The largest absolute Gasteiger partial charge is 0.300 e. The van der Waals surface area contributed by atoms with Gasteiger partial charge in [0.1, 0.15) is 5.78 Å². The highest BCUT2D eigenvalue weighted by molar-refractivity contribution is 5.79. The maximum absolute atomic E-state index is 10.9. The normalized spacial score (nSPS) is 28.5. The maximum atomic E-state index is 10.9. The lowest BCUT2D eigenvalue weighted by atomic mass is 9.70. The molecule has 2 aliphatic rings. The lowest BCUT2D eigenvalue weighted by Gasteiger charge is -2.35. The second-order valence-electron chi connectivity index (χ2n) is 4.07. The molecule has 1 heteroatoms. The summed E-state index contributed by atoms with van der Waals surface area (Å²) in [7, 11) is 0. The number of hydrogen-bond donors (Lipinski definition) is 0. The first-order chi connectivity index (χ1) is 5.36. The zero-order chi connectivity index (χ0) is 7.68. The van der Waals surface area contributed by atoms with Gasteiger partial charge in [0, 0.05) is 12.8 Å². The molecule has 11 heavy (non-hydrogen) atoms. The second kappa shape index (κ2) is 2.96. The number of Topliss-reactive ketones (excluding diaryl/α,β-unsaturated/α-hetero) is 1. The van der Waals surface area contributed by atoms with E-state index in [0.29, 0.717) is 5.78 Å². The van der Waals surface area contributed by atoms with Gasteiger partial charge in [-0.3, -0.25) is 4.79 Å². The van der Waals surface area contributed by atoms with E-state index in [0.717, 1.165) is 24.7 Å². The summed E-state index contributed by atoms with van der Waals surface area (Å²) >= 11 is 0. The molecule has 2 aliphatic carbocycles. The van der Waals surface area contributed by atoms with E-state index in [1.54, 1.807) is 0 Å². The second-order valence-corrected chi connectivity index (χ2v) is 4.07. The highest BCUT2D eigenvalue weighted by Gasteiger charge is 2.29. The number of hydrogen-bond acceptors (Lipinski definition) is 1. The predicted molar refractivity (Wildman–Crippen MR) is 44.3 cm³/mol. The Morgan fingerprint density at radius 1 is 0.909 bits per heavy atom. The van der Waals surface area contributed by atoms with E-state index in [-0.39, 0.29) is 0 Å². The summed E-state index contributed by atoms with van der Waals surface area (Å²) in [6.45, 7) is 0. The lowest BCUT2D eigenvalue weighted by molar-refractivity contribution is -0.121. The standard InChI is InChI=1S/C10H16O/c11-10-6-4-9(5-7-10)8-2-1-3-8/h8-9H,1-7H2. The molecule has 0 bridgehead atoms. The Labute approximate surface area is 68.2 Å². The van der Waals surface area contributed by atoms with Crippen molar-refractivity contribution in [3.63, 3.8) is 0 Å². The van der Waals surface area contributed by atoms with Gasteiger partial charge in [0.05, 0.1) is 0 Å². The summed E-state index contributed by atoms with van der Waals surface area (Å²) in [5.41, 5.74) is 0. The van der Waals surface area contributed by atoms with Crippen LogP contribution in [0.25, 0.3) is 0 Å². The molecule has 0 aromatic rings. The monoisotopic (exact) mass is 152 g/mol. The number of rotatable bonds is 1. The highest BCUT2D eigenvalue weighted by atomic mass is 16.1. The SMILES string of the molecule is O=C1CCC(C2CCC2)CC1. The van der Waals surface area contributed by atoms with Gasteiger partial charge in [-0.05, 0) is 24.7 Å². The van der Waals surface area contributed by atoms with Gasteiger partial charge in [-0.25, -0.2) is 0 Å². The first kappa shape index (κ1) is 7.33. The van der Waals surface area contributed by atoms with Crippen LogP contribution in [-0.4, -0.2) is 5.78 Å². The first-order valence-electron chi connectivity index (χ1n) is 4.88. The topological polar surface area (TPSA) is 17.1 Å². The van der Waals surface area contributed by atoms with E-state index in [1.807, 2.05) is 0 Å². The van der Waals surface area contributed by atoms with Gasteiger partial charge in [-0.2, -0.15) is 0 Å². The smallest absolute Gasteiger partial charge is 0.132 e. The van der Waals surface area contributed by atoms with Gasteiger partial charge < -0.3 is 0 Å². The van der Waals surface area contributed by atoms with Crippen molar-refractivity contribution in [3.05, 3.63) is 0 Å². The Balaban J connectivity index is 1.82. The average molecular weight is 152 g/mol. The van der Waals surface area contributed by atoms with Crippen LogP contribution >= 0.6 is 0 Å². The van der Waals surface area contributed by atoms with Crippen molar-refractivity contribution in [2.24, 2.45) is 11.8 Å². The first-order valence-corrected chi connectivity index (χ1v) is 4.88. The van der Waals surface area contributed by atoms with Crippen LogP contribution in [0, 0.1) is 11.8 Å². The minimum atomic E-state index is 0.501. The van der Waals surface area contributed by atoms with Crippen LogP contribution in [0.5, 0.6) is 0 Å². The zero-order valence-corrected chi connectivity index (χ0v) is 7.01. The fourth-order valence-corrected chi connectivity index (χ4v) is 2.34. The zero-order valence-electron chi connectivity index (χ0n) is 7.01. The number of carbonyl (C=O) groups excluding carboxylic acids is 1. The Kier molecular flexibility index (Phi) is 1.97. The summed E-state index contributed by atoms with van der Waals surface area (Å²) in [5, 5.41) is 0. The van der Waals surface area contributed by atoms with E-state index in [1.165, 1.54) is 32.1 Å². The quantitative estimate of drug-likeness (QED) is 0.564. The molecule has 0 heterocycles. The fraction of sp³-hybridized carbons (Fsp3) is 0.900. The molecule has 0 unspecified atom stereocenters. The highest BCUT2D eigenvalue weighted by Crippen LogP contribution is 2.39. The Bertz CT molecular complexity index is 148. The van der Waals surface area contributed by atoms with Crippen LogP contribution in [-0.2, 0) is 4.79 Å². The molecule has 0 spiro atoms. The molecule has 2 fully saturated rings. The van der Waals surface area contributed by atoms with Crippen molar-refractivity contribution >= 4 is 5.78 Å². The van der Waals surface area contributed by atoms with Crippen molar-refractivity contribution in [3.8, 4) is 0 Å². The van der Waals surface area contributed by atoms with Crippen LogP contribution in [0.3, 0.4) is 0 Å². The molecular weight excluding hydrogens is 136 g/mol. The van der Waals surface area contributed by atoms with Crippen molar-refractivity contribution in [2.45, 2.75) is 44.9 Å². The van der Waals surface area contributed by atoms with Gasteiger partial charge in [0.15, 0.2) is 0 Å². The molecule has 2 rings (SSSR count). The molecule has 0 saturated heterocycles. The third-order valence-electron chi connectivity index (χ3n) is 3.40. The van der Waals surface area contributed by atoms with Crippen LogP contribution in [0.2, 0.25) is 0 Å². The predicted octanol–water partition coefficient (Wildman–Crippen LogP) is 2.55. The summed E-state index contributed by atoms with van der Waals surface area (Å²) in [6, 6.07) is 0. The summed E-state index contributed by atoms with van der Waals surface area (Å²) < 4.78 is 0. The van der Waals surface area contributed by atoms with Gasteiger partial charge in [0.2, 0.25) is 0 Å². The van der Waals surface area contributed by atoms with E-state index in [2.05, 4.69) is 0 Å². The van der Waals surface area contributed by atoms with Crippen molar-refractivity contribution in [2.75, 3.05) is 0 Å². The maximum Gasteiger partial charge on any atom is 0.132 e. The van der Waals surface area contributed by atoms with E-state index >= 15 is 0 Å². The molecule has 0 amide bonds. The number of ketones is 1. The minimum absolute atomic E-state index is 0.501. The van der Waals surface area contributed by atoms with Gasteiger partial charge in [-0.1, -0.05) is 19.3 Å². The molecule has 1 nitrogen and oxygen atoms in total. The van der Waals surface area contributed by atoms with Crippen LogP contribution in [0.1, 0.15) is 44.9 Å². The molecule has 0 aliphatic heterocycles. The molecule has 2 saturated carbocycles. The van der Waals surface area contributed by atoms with Crippen molar-refractivity contribution in [1.29, 1.82) is 0 Å². The summed E-state index contributed by atoms with van der Waals surface area (Å²) in [5.74, 6) is 2.42. The van der Waals surface area contributed by atoms with Crippen LogP contribution < -0.4 is 0 Å². The number of carbonyl (C=O) groups is 1. The van der Waals surface area contributed by atoms with E-state index in [9.17, 15) is 4.79 Å². The third-order valence-corrected chi connectivity index (χ3v) is 3.40. The minimum Gasteiger partial charge on any atom is -0.300 e. The Morgan fingerprint density at radius 2 is 1.45 bits per heavy atom. The molecule has 0 radical (unpaired) electrons. The van der Waals surface area contributed by atoms with Crippen LogP contribution in [0.15, 0.2) is 0 Å². The van der Waals surface area contributed by atoms with Gasteiger partial charge in [-0.15, -0.1) is 0 Å². The van der Waals surface area contributed by atoms with Crippen molar-refractivity contribution in [1.82, 2.24) is 0 Å². The van der Waals surface area contributed by atoms with E-state index < -0.39 is 0 Å². The Hall–Kier alpha value is -0.330. The van der Waals surface area contributed by atoms with Crippen LogP contribution in [0.4, 0.5) is 0 Å². The van der Waals surface area contributed by atoms with E-state index in [4.69, 9.17) is 0 Å².